The van der Waals surface area contributed by atoms with Crippen LogP contribution in [-0.4, -0.2) is 27.5 Å². The Morgan fingerprint density at radius 2 is 1.72 bits per heavy atom. The van der Waals surface area contributed by atoms with E-state index in [0.717, 1.165) is 11.1 Å². The first-order valence-corrected chi connectivity index (χ1v) is 11.9. The lowest BCUT2D eigenvalue weighted by Gasteiger charge is -2.19. The largest absolute Gasteiger partial charge is 0.496 e. The van der Waals surface area contributed by atoms with Crippen molar-refractivity contribution in [1.82, 2.24) is 10.0 Å². The predicted octanol–water partition coefficient (Wildman–Crippen LogP) is 3.86. The Labute approximate surface area is 193 Å². The average molecular weight is 473 g/mol. The van der Waals surface area contributed by atoms with Crippen LogP contribution in [0.15, 0.2) is 77.7 Å². The number of amides is 1. The molecule has 1 atom stereocenters. The fourth-order valence-electron chi connectivity index (χ4n) is 3.26. The van der Waals surface area contributed by atoms with Gasteiger partial charge in [-0.05, 0) is 54.3 Å². The van der Waals surface area contributed by atoms with E-state index in [4.69, 9.17) is 16.3 Å². The standard InChI is InChI=1S/C24H25ClN2O4S/c1-17-14-20(12-13-23(17)31-2)32(29,30)27-22(15-18-8-4-3-5-9-18)24(28)26-16-19-10-6-7-11-21(19)25/h3-14,22,27H,15-16H2,1-2H3,(H,26,28)/t22-/m0/s1. The van der Waals surface area contributed by atoms with Crippen molar-refractivity contribution in [3.8, 4) is 5.75 Å². The number of nitrogens with one attached hydrogen (secondary N) is 2. The number of sulfonamides is 1. The summed E-state index contributed by atoms with van der Waals surface area (Å²) in [5.41, 5.74) is 2.26. The molecule has 0 heterocycles. The van der Waals surface area contributed by atoms with Crippen LogP contribution in [0.4, 0.5) is 0 Å². The topological polar surface area (TPSA) is 84.5 Å². The number of hydrogen-bond donors (Lipinski definition) is 2. The molecule has 0 spiro atoms. The third-order valence-electron chi connectivity index (χ3n) is 4.98. The minimum atomic E-state index is -3.96. The van der Waals surface area contributed by atoms with Crippen molar-refractivity contribution < 1.29 is 17.9 Å². The Kier molecular flexibility index (Phi) is 7.90. The summed E-state index contributed by atoms with van der Waals surface area (Å²) in [4.78, 5) is 13.1. The highest BCUT2D eigenvalue weighted by molar-refractivity contribution is 7.89. The lowest BCUT2D eigenvalue weighted by atomic mass is 10.1. The van der Waals surface area contributed by atoms with Gasteiger partial charge >= 0.3 is 0 Å². The van der Waals surface area contributed by atoms with Crippen LogP contribution in [0.5, 0.6) is 5.75 Å². The number of halogens is 1. The summed E-state index contributed by atoms with van der Waals surface area (Å²) < 4.78 is 33.9. The van der Waals surface area contributed by atoms with E-state index in [0.29, 0.717) is 16.3 Å². The second kappa shape index (κ2) is 10.6. The van der Waals surface area contributed by atoms with E-state index in [9.17, 15) is 13.2 Å². The van der Waals surface area contributed by atoms with E-state index in [1.54, 1.807) is 31.2 Å². The fraction of sp³-hybridized carbons (Fsp3) is 0.208. The molecule has 3 aromatic carbocycles. The third-order valence-corrected chi connectivity index (χ3v) is 6.82. The van der Waals surface area contributed by atoms with Gasteiger partial charge in [-0.25, -0.2) is 8.42 Å². The van der Waals surface area contributed by atoms with Gasteiger partial charge in [0.15, 0.2) is 0 Å². The van der Waals surface area contributed by atoms with Crippen LogP contribution in [0, 0.1) is 6.92 Å². The van der Waals surface area contributed by atoms with Crippen LogP contribution < -0.4 is 14.8 Å². The van der Waals surface area contributed by atoms with Crippen molar-refractivity contribution in [3.63, 3.8) is 0 Å². The summed E-state index contributed by atoms with van der Waals surface area (Å²) in [6.07, 6.45) is 0.198. The van der Waals surface area contributed by atoms with Crippen LogP contribution in [0.2, 0.25) is 5.02 Å². The highest BCUT2D eigenvalue weighted by Crippen LogP contribution is 2.22. The number of rotatable bonds is 9. The molecule has 0 bridgehead atoms. The van der Waals surface area contributed by atoms with Gasteiger partial charge in [-0.3, -0.25) is 4.79 Å². The molecule has 0 unspecified atom stereocenters. The monoisotopic (exact) mass is 472 g/mol. The molecule has 0 fully saturated rings. The molecular formula is C24H25ClN2O4S. The lowest BCUT2D eigenvalue weighted by Crippen LogP contribution is -2.47. The zero-order valence-electron chi connectivity index (χ0n) is 17.8. The van der Waals surface area contributed by atoms with E-state index < -0.39 is 22.0 Å². The second-order valence-electron chi connectivity index (χ2n) is 7.30. The van der Waals surface area contributed by atoms with Crippen molar-refractivity contribution in [2.75, 3.05) is 7.11 Å². The van der Waals surface area contributed by atoms with Crippen LogP contribution >= 0.6 is 11.6 Å². The molecule has 6 nitrogen and oxygen atoms in total. The van der Waals surface area contributed by atoms with Crippen LogP contribution in [-0.2, 0) is 27.8 Å². The van der Waals surface area contributed by atoms with Crippen molar-refractivity contribution in [2.24, 2.45) is 0 Å². The van der Waals surface area contributed by atoms with Gasteiger partial charge in [-0.15, -0.1) is 0 Å². The molecular weight excluding hydrogens is 448 g/mol. The zero-order valence-corrected chi connectivity index (χ0v) is 19.4. The number of aryl methyl sites for hydroxylation is 1. The Hall–Kier alpha value is -2.87. The Morgan fingerprint density at radius 3 is 2.38 bits per heavy atom. The molecule has 0 aliphatic heterocycles. The fourth-order valence-corrected chi connectivity index (χ4v) is 4.74. The first-order valence-electron chi connectivity index (χ1n) is 10.0. The van der Waals surface area contributed by atoms with Crippen LogP contribution in [0.3, 0.4) is 0 Å². The summed E-state index contributed by atoms with van der Waals surface area (Å²) in [7, 11) is -2.43. The Morgan fingerprint density at radius 1 is 1.03 bits per heavy atom. The van der Waals surface area contributed by atoms with Gasteiger partial charge in [0.1, 0.15) is 11.8 Å². The molecule has 3 rings (SSSR count). The summed E-state index contributed by atoms with van der Waals surface area (Å²) in [6, 6.07) is 20.0. The minimum absolute atomic E-state index is 0.0627. The van der Waals surface area contributed by atoms with Gasteiger partial charge in [0.05, 0.1) is 12.0 Å². The molecule has 8 heteroatoms. The zero-order chi connectivity index (χ0) is 23.1. The maximum Gasteiger partial charge on any atom is 0.241 e. The summed E-state index contributed by atoms with van der Waals surface area (Å²) in [6.45, 7) is 1.95. The number of methoxy groups -OCH3 is 1. The van der Waals surface area contributed by atoms with Crippen molar-refractivity contribution in [3.05, 3.63) is 94.5 Å². The summed E-state index contributed by atoms with van der Waals surface area (Å²) in [5.74, 6) is 0.143. The quantitative estimate of drug-likeness (QED) is 0.495. The molecule has 0 aliphatic rings. The highest BCUT2D eigenvalue weighted by Gasteiger charge is 2.26. The number of ether oxygens (including phenoxy) is 1. The SMILES string of the molecule is COc1ccc(S(=O)(=O)N[C@@H](Cc2ccccc2)C(=O)NCc2ccccc2Cl)cc1C. The molecule has 0 saturated carbocycles. The van der Waals surface area contributed by atoms with E-state index in [2.05, 4.69) is 10.0 Å². The number of hydrogen-bond acceptors (Lipinski definition) is 4. The van der Waals surface area contributed by atoms with Crippen molar-refractivity contribution in [2.45, 2.75) is 30.8 Å². The van der Waals surface area contributed by atoms with Gasteiger partial charge in [0, 0.05) is 11.6 Å². The smallest absolute Gasteiger partial charge is 0.241 e. The molecule has 0 saturated heterocycles. The first-order chi connectivity index (χ1) is 15.3. The maximum absolute atomic E-state index is 13.1. The van der Waals surface area contributed by atoms with Crippen molar-refractivity contribution >= 4 is 27.5 Å². The van der Waals surface area contributed by atoms with Gasteiger partial charge in [0.2, 0.25) is 15.9 Å². The number of benzene rings is 3. The van der Waals surface area contributed by atoms with E-state index in [-0.39, 0.29) is 17.9 Å². The molecule has 2 N–H and O–H groups in total. The minimum Gasteiger partial charge on any atom is -0.496 e. The van der Waals surface area contributed by atoms with E-state index >= 15 is 0 Å². The molecule has 0 aromatic heterocycles. The van der Waals surface area contributed by atoms with E-state index in [1.807, 2.05) is 36.4 Å². The summed E-state index contributed by atoms with van der Waals surface area (Å²) >= 11 is 6.17. The molecule has 168 valence electrons. The molecule has 32 heavy (non-hydrogen) atoms. The predicted molar refractivity (Wildman–Crippen MR) is 125 cm³/mol. The molecule has 3 aromatic rings. The average Bonchev–Trinajstić information content (AvgIpc) is 2.78. The maximum atomic E-state index is 13.1. The van der Waals surface area contributed by atoms with Crippen molar-refractivity contribution in [1.29, 1.82) is 0 Å². The Balaban J connectivity index is 1.82. The molecule has 1 amide bonds. The van der Waals surface area contributed by atoms with Crippen LogP contribution in [0.1, 0.15) is 16.7 Å². The van der Waals surface area contributed by atoms with Crippen LogP contribution in [0.25, 0.3) is 0 Å². The number of carbonyl (C=O) groups excluding carboxylic acids is 1. The highest BCUT2D eigenvalue weighted by atomic mass is 35.5. The first kappa shape index (κ1) is 23.8. The van der Waals surface area contributed by atoms with Gasteiger partial charge in [0.25, 0.3) is 0 Å². The second-order valence-corrected chi connectivity index (χ2v) is 9.43. The lowest BCUT2D eigenvalue weighted by molar-refractivity contribution is -0.122. The van der Waals surface area contributed by atoms with Gasteiger partial charge < -0.3 is 10.1 Å². The normalized spacial score (nSPS) is 12.2. The van der Waals surface area contributed by atoms with E-state index in [1.165, 1.54) is 19.2 Å². The van der Waals surface area contributed by atoms with Gasteiger partial charge in [-0.1, -0.05) is 60.1 Å². The summed E-state index contributed by atoms with van der Waals surface area (Å²) in [5, 5.41) is 3.32. The molecule has 0 radical (unpaired) electrons. The third kappa shape index (κ3) is 6.09. The Bertz CT molecular complexity index is 1180. The molecule has 0 aliphatic carbocycles. The van der Waals surface area contributed by atoms with Gasteiger partial charge in [-0.2, -0.15) is 4.72 Å². The number of carbonyl (C=O) groups is 1.